The fraction of sp³-hybridized carbons (Fsp3) is 0.350. The smallest absolute Gasteiger partial charge is 0.418 e. The second kappa shape index (κ2) is 8.22. The average Bonchev–Trinajstić information content (AvgIpc) is 3.26. The summed E-state index contributed by atoms with van der Waals surface area (Å²) in [5.74, 6) is -0.298. The van der Waals surface area contributed by atoms with Gasteiger partial charge in [-0.2, -0.15) is 13.2 Å². The van der Waals surface area contributed by atoms with Gasteiger partial charge in [0, 0.05) is 17.1 Å². The van der Waals surface area contributed by atoms with E-state index in [9.17, 15) is 33.3 Å². The zero-order chi connectivity index (χ0) is 23.2. The first-order valence-corrected chi connectivity index (χ1v) is 9.41. The molecule has 172 valence electrons. The van der Waals surface area contributed by atoms with Crippen molar-refractivity contribution in [2.45, 2.75) is 36.8 Å². The molecule has 12 heteroatoms. The van der Waals surface area contributed by atoms with E-state index in [1.54, 1.807) is 0 Å². The maximum Gasteiger partial charge on any atom is 0.418 e. The number of nitrogens with one attached hydrogen (secondary N) is 1. The predicted molar refractivity (Wildman–Crippen MR) is 103 cm³/mol. The Balaban J connectivity index is 1.76. The molecule has 2 aromatic heterocycles. The largest absolute Gasteiger partial charge is 0.464 e. The molecule has 2 unspecified atom stereocenters. The van der Waals surface area contributed by atoms with Gasteiger partial charge in [0.1, 0.15) is 41.3 Å². The second-order valence-corrected chi connectivity index (χ2v) is 7.22. The summed E-state index contributed by atoms with van der Waals surface area (Å²) in [4.78, 5) is 12.4. The van der Waals surface area contributed by atoms with Gasteiger partial charge in [0.05, 0.1) is 18.4 Å². The molecule has 0 spiro atoms. The third-order valence-electron chi connectivity index (χ3n) is 5.19. The van der Waals surface area contributed by atoms with Gasteiger partial charge < -0.3 is 39.3 Å². The number of anilines is 1. The number of hydrogen-bond donors (Lipinski definition) is 5. The number of aliphatic hydroxyl groups excluding tert-OH is 4. The summed E-state index contributed by atoms with van der Waals surface area (Å²) in [6, 6.07) is 4.62. The predicted octanol–water partition coefficient (Wildman–Crippen LogP) is 1.28. The molecule has 0 saturated carbocycles. The van der Waals surface area contributed by atoms with E-state index in [1.165, 1.54) is 18.2 Å². The molecular weight excluding hydrogens is 439 g/mol. The van der Waals surface area contributed by atoms with E-state index in [0.717, 1.165) is 18.4 Å². The quantitative estimate of drug-likeness (QED) is 0.366. The SMILES string of the molecule is O=c1oc2cc(NC3[C@H](O)OC(CO)[C@@H](O)[C@@H]3O)ccc2c(C(F)(F)F)c1-c1ccco1. The summed E-state index contributed by atoms with van der Waals surface area (Å²) in [5.41, 5.74) is -3.59. The minimum absolute atomic E-state index is 0.0703. The Bertz CT molecular complexity index is 1160. The van der Waals surface area contributed by atoms with Gasteiger partial charge >= 0.3 is 11.8 Å². The zero-order valence-corrected chi connectivity index (χ0v) is 16.1. The first kappa shape index (κ1) is 22.3. The molecule has 3 heterocycles. The number of alkyl halides is 3. The van der Waals surface area contributed by atoms with E-state index in [1.807, 2.05) is 0 Å². The van der Waals surface area contributed by atoms with Crippen LogP contribution >= 0.6 is 0 Å². The summed E-state index contributed by atoms with van der Waals surface area (Å²) in [5, 5.41) is 41.6. The molecule has 5 N–H and O–H groups in total. The summed E-state index contributed by atoms with van der Waals surface area (Å²) in [6.07, 6.45) is -9.76. The lowest BCUT2D eigenvalue weighted by Gasteiger charge is -2.40. The van der Waals surface area contributed by atoms with Gasteiger partial charge in [0.2, 0.25) is 0 Å². The molecule has 9 nitrogen and oxygen atoms in total. The van der Waals surface area contributed by atoms with Crippen LogP contribution in [-0.2, 0) is 10.9 Å². The highest BCUT2D eigenvalue weighted by molar-refractivity contribution is 5.88. The van der Waals surface area contributed by atoms with Crippen molar-refractivity contribution in [3.63, 3.8) is 0 Å². The van der Waals surface area contributed by atoms with E-state index >= 15 is 0 Å². The maximum atomic E-state index is 13.9. The van der Waals surface area contributed by atoms with Crippen LogP contribution in [0.4, 0.5) is 18.9 Å². The number of benzene rings is 1. The number of halogens is 3. The Morgan fingerprint density at radius 3 is 2.47 bits per heavy atom. The number of aliphatic hydroxyl groups is 4. The molecule has 1 aromatic carbocycles. The second-order valence-electron chi connectivity index (χ2n) is 7.22. The molecular formula is C20H18F3NO8. The van der Waals surface area contributed by atoms with Crippen LogP contribution in [0.5, 0.6) is 0 Å². The van der Waals surface area contributed by atoms with Crippen molar-refractivity contribution in [2.24, 2.45) is 0 Å². The minimum atomic E-state index is -4.90. The first-order valence-electron chi connectivity index (χ1n) is 9.41. The van der Waals surface area contributed by atoms with Gasteiger partial charge in [-0.1, -0.05) is 0 Å². The standard InChI is InChI=1S/C20H18F3NO8/c21-20(22,23)14-9-4-3-8(24-15-17(27)16(26)12(7-25)32-19(15)29)6-11(9)31-18(28)13(14)10-2-1-5-30-10/h1-6,12,15-17,19,24-27,29H,7H2/t12?,15?,16-,17-,19-/m1/s1. The van der Waals surface area contributed by atoms with Gasteiger partial charge in [-0.05, 0) is 24.3 Å². The maximum absolute atomic E-state index is 13.9. The molecule has 1 fully saturated rings. The Labute approximate surface area is 177 Å². The Morgan fingerprint density at radius 2 is 1.84 bits per heavy atom. The molecule has 0 aliphatic carbocycles. The minimum Gasteiger partial charge on any atom is -0.464 e. The first-order chi connectivity index (χ1) is 15.1. The van der Waals surface area contributed by atoms with Crippen LogP contribution in [0.15, 0.2) is 50.2 Å². The Kier molecular flexibility index (Phi) is 5.73. The Hall–Kier alpha value is -2.90. The van der Waals surface area contributed by atoms with Gasteiger partial charge in [0.15, 0.2) is 6.29 Å². The summed E-state index contributed by atoms with van der Waals surface area (Å²) < 4.78 is 56.7. The van der Waals surface area contributed by atoms with Crippen molar-refractivity contribution in [2.75, 3.05) is 11.9 Å². The van der Waals surface area contributed by atoms with Crippen molar-refractivity contribution in [3.05, 3.63) is 52.6 Å². The molecule has 3 aromatic rings. The highest BCUT2D eigenvalue weighted by atomic mass is 19.4. The number of hydrogen-bond acceptors (Lipinski definition) is 9. The van der Waals surface area contributed by atoms with Crippen LogP contribution < -0.4 is 10.9 Å². The van der Waals surface area contributed by atoms with Gasteiger partial charge in [-0.25, -0.2) is 4.79 Å². The molecule has 32 heavy (non-hydrogen) atoms. The van der Waals surface area contributed by atoms with Crippen LogP contribution in [0.3, 0.4) is 0 Å². The third kappa shape index (κ3) is 3.87. The van der Waals surface area contributed by atoms with Crippen LogP contribution in [0, 0.1) is 0 Å². The Morgan fingerprint density at radius 1 is 1.09 bits per heavy atom. The molecule has 5 atom stereocenters. The lowest BCUT2D eigenvalue weighted by Crippen LogP contribution is -2.61. The fourth-order valence-electron chi connectivity index (χ4n) is 3.68. The molecule has 0 radical (unpaired) electrons. The summed E-state index contributed by atoms with van der Waals surface area (Å²) >= 11 is 0. The van der Waals surface area contributed by atoms with Crippen molar-refractivity contribution >= 4 is 16.7 Å². The molecule has 0 bridgehead atoms. The van der Waals surface area contributed by atoms with E-state index in [2.05, 4.69) is 5.32 Å². The van der Waals surface area contributed by atoms with Crippen LogP contribution in [0.25, 0.3) is 22.3 Å². The van der Waals surface area contributed by atoms with E-state index < -0.39 is 71.1 Å². The normalized spacial score (nSPS) is 26.4. The van der Waals surface area contributed by atoms with Gasteiger partial charge in [-0.15, -0.1) is 0 Å². The van der Waals surface area contributed by atoms with Gasteiger partial charge in [0.25, 0.3) is 0 Å². The number of rotatable bonds is 4. The molecule has 4 rings (SSSR count). The molecule has 1 aliphatic heterocycles. The zero-order valence-electron chi connectivity index (χ0n) is 16.1. The van der Waals surface area contributed by atoms with Crippen molar-refractivity contribution < 1.29 is 47.2 Å². The molecule has 0 amide bonds. The monoisotopic (exact) mass is 457 g/mol. The van der Waals surface area contributed by atoms with E-state index in [4.69, 9.17) is 18.7 Å². The van der Waals surface area contributed by atoms with Gasteiger partial charge in [-0.3, -0.25) is 0 Å². The summed E-state index contributed by atoms with van der Waals surface area (Å²) in [7, 11) is 0. The van der Waals surface area contributed by atoms with Crippen LogP contribution in [-0.4, -0.2) is 57.7 Å². The third-order valence-corrected chi connectivity index (χ3v) is 5.19. The van der Waals surface area contributed by atoms with E-state index in [-0.39, 0.29) is 11.4 Å². The number of ether oxygens (including phenoxy) is 1. The molecule has 1 saturated heterocycles. The van der Waals surface area contributed by atoms with E-state index in [0.29, 0.717) is 0 Å². The van der Waals surface area contributed by atoms with Crippen molar-refractivity contribution in [1.29, 1.82) is 0 Å². The average molecular weight is 457 g/mol. The van der Waals surface area contributed by atoms with Crippen molar-refractivity contribution in [1.82, 2.24) is 0 Å². The number of fused-ring (bicyclic) bond motifs is 1. The molecule has 1 aliphatic rings. The lowest BCUT2D eigenvalue weighted by molar-refractivity contribution is -0.245. The van der Waals surface area contributed by atoms with Crippen molar-refractivity contribution in [3.8, 4) is 11.3 Å². The van der Waals surface area contributed by atoms with Crippen LogP contribution in [0.2, 0.25) is 0 Å². The highest BCUT2D eigenvalue weighted by Crippen LogP contribution is 2.40. The topological polar surface area (TPSA) is 146 Å². The number of furan rings is 1. The summed E-state index contributed by atoms with van der Waals surface area (Å²) in [6.45, 7) is -0.651. The van der Waals surface area contributed by atoms with Crippen LogP contribution in [0.1, 0.15) is 5.56 Å². The fourth-order valence-corrected chi connectivity index (χ4v) is 3.68. The highest BCUT2D eigenvalue weighted by Gasteiger charge is 2.44. The lowest BCUT2D eigenvalue weighted by atomic mass is 9.96.